The van der Waals surface area contributed by atoms with Crippen LogP contribution in [0.5, 0.6) is 11.5 Å². The summed E-state index contributed by atoms with van der Waals surface area (Å²) in [6.07, 6.45) is 5.83. The summed E-state index contributed by atoms with van der Waals surface area (Å²) in [5, 5.41) is 14.0. The lowest BCUT2D eigenvalue weighted by atomic mass is 9.90. The van der Waals surface area contributed by atoms with E-state index in [1.807, 2.05) is 53.2 Å². The molecule has 0 aliphatic heterocycles. The first kappa shape index (κ1) is 26.9. The molecule has 0 radical (unpaired) electrons. The number of aromatic nitrogens is 5. The standard InChI is InChI=1S/C30H38N6O3/c1-20(2)28(29-32-33-34-36(29)18-21-10-12-25(38-3)13-11-21)35(24-8-6-5-7-9-24)19-23-16-22-17-26(39-4)14-15-27(22)31-30(23)37/h10-17,20,24,28H,5-9,18-19H2,1-4H3,(H,31,37). The maximum atomic E-state index is 13.3. The van der Waals surface area contributed by atoms with Crippen molar-refractivity contribution in [3.63, 3.8) is 0 Å². The van der Waals surface area contributed by atoms with E-state index in [2.05, 4.69) is 39.3 Å². The molecule has 0 bridgehead atoms. The van der Waals surface area contributed by atoms with Crippen LogP contribution in [0, 0.1) is 5.92 Å². The minimum absolute atomic E-state index is 0.0539. The molecule has 1 saturated carbocycles. The van der Waals surface area contributed by atoms with Gasteiger partial charge in [-0.05, 0) is 71.1 Å². The van der Waals surface area contributed by atoms with Crippen LogP contribution in [0.3, 0.4) is 0 Å². The highest BCUT2D eigenvalue weighted by Gasteiger charge is 2.35. The van der Waals surface area contributed by atoms with Gasteiger partial charge in [0.1, 0.15) is 11.5 Å². The van der Waals surface area contributed by atoms with Crippen LogP contribution in [0.1, 0.15) is 68.9 Å². The lowest BCUT2D eigenvalue weighted by Crippen LogP contribution is -2.43. The van der Waals surface area contributed by atoms with Crippen molar-refractivity contribution in [2.75, 3.05) is 14.2 Å². The summed E-state index contributed by atoms with van der Waals surface area (Å²) in [4.78, 5) is 18.8. The summed E-state index contributed by atoms with van der Waals surface area (Å²) in [6.45, 7) is 5.50. The third-order valence-electron chi connectivity index (χ3n) is 7.83. The largest absolute Gasteiger partial charge is 0.497 e. The van der Waals surface area contributed by atoms with Gasteiger partial charge in [0.25, 0.3) is 5.56 Å². The number of nitrogens with zero attached hydrogens (tertiary/aromatic N) is 5. The van der Waals surface area contributed by atoms with E-state index >= 15 is 0 Å². The summed E-state index contributed by atoms with van der Waals surface area (Å²) >= 11 is 0. The van der Waals surface area contributed by atoms with Gasteiger partial charge in [-0.2, -0.15) is 0 Å². The van der Waals surface area contributed by atoms with Gasteiger partial charge >= 0.3 is 0 Å². The van der Waals surface area contributed by atoms with E-state index in [0.717, 1.165) is 52.2 Å². The highest BCUT2D eigenvalue weighted by Crippen LogP contribution is 2.35. The van der Waals surface area contributed by atoms with Gasteiger partial charge < -0.3 is 14.5 Å². The summed E-state index contributed by atoms with van der Waals surface area (Å²) in [5.41, 5.74) is 2.57. The number of aromatic amines is 1. The first-order chi connectivity index (χ1) is 19.0. The van der Waals surface area contributed by atoms with Crippen molar-refractivity contribution >= 4 is 10.9 Å². The van der Waals surface area contributed by atoms with Crippen molar-refractivity contribution in [1.82, 2.24) is 30.1 Å². The van der Waals surface area contributed by atoms with Crippen LogP contribution in [0.25, 0.3) is 10.9 Å². The molecule has 2 heterocycles. The monoisotopic (exact) mass is 530 g/mol. The molecule has 0 spiro atoms. The smallest absolute Gasteiger partial charge is 0.252 e. The topological polar surface area (TPSA) is 98.2 Å². The highest BCUT2D eigenvalue weighted by molar-refractivity contribution is 5.80. The zero-order chi connectivity index (χ0) is 27.4. The molecule has 9 nitrogen and oxygen atoms in total. The number of ether oxygens (including phenoxy) is 2. The van der Waals surface area contributed by atoms with Gasteiger partial charge in [0.2, 0.25) is 0 Å². The Morgan fingerprint density at radius 3 is 2.41 bits per heavy atom. The van der Waals surface area contributed by atoms with Crippen molar-refractivity contribution < 1.29 is 9.47 Å². The number of pyridine rings is 1. The molecule has 39 heavy (non-hydrogen) atoms. The van der Waals surface area contributed by atoms with Crippen LogP contribution in [0.2, 0.25) is 0 Å². The fourth-order valence-electron chi connectivity index (χ4n) is 5.81. The van der Waals surface area contributed by atoms with Crippen LogP contribution >= 0.6 is 0 Å². The number of benzene rings is 2. The summed E-state index contributed by atoms with van der Waals surface area (Å²) in [7, 11) is 3.32. The van der Waals surface area contributed by atoms with Crippen molar-refractivity contribution in [3.05, 3.63) is 75.8 Å². The van der Waals surface area contributed by atoms with E-state index in [9.17, 15) is 4.79 Å². The minimum Gasteiger partial charge on any atom is -0.497 e. The molecule has 2 aromatic carbocycles. The quantitative estimate of drug-likeness (QED) is 0.304. The number of rotatable bonds is 10. The average Bonchev–Trinajstić information content (AvgIpc) is 3.40. The third-order valence-corrected chi connectivity index (χ3v) is 7.83. The SMILES string of the molecule is COc1ccc(Cn2nnnc2C(C(C)C)N(Cc2cc3cc(OC)ccc3[nH]c2=O)C2CCCCC2)cc1. The minimum atomic E-state index is -0.0613. The fraction of sp³-hybridized carbons (Fsp3) is 0.467. The molecule has 0 saturated heterocycles. The Morgan fingerprint density at radius 1 is 1.00 bits per heavy atom. The number of tetrazole rings is 1. The molecule has 1 N–H and O–H groups in total. The number of H-pyrrole nitrogens is 1. The molecule has 1 aliphatic rings. The van der Waals surface area contributed by atoms with Crippen LogP contribution in [0.15, 0.2) is 53.3 Å². The maximum Gasteiger partial charge on any atom is 0.252 e. The zero-order valence-corrected chi connectivity index (χ0v) is 23.3. The first-order valence-corrected chi connectivity index (χ1v) is 13.8. The van der Waals surface area contributed by atoms with Gasteiger partial charge in [-0.15, -0.1) is 5.10 Å². The molecular formula is C30H38N6O3. The fourth-order valence-corrected chi connectivity index (χ4v) is 5.81. The Labute approximate surface area is 229 Å². The summed E-state index contributed by atoms with van der Waals surface area (Å²) in [6, 6.07) is 16.0. The molecule has 2 aromatic heterocycles. The molecule has 4 aromatic rings. The Bertz CT molecular complexity index is 1440. The number of hydrogen-bond donors (Lipinski definition) is 1. The van der Waals surface area contributed by atoms with Crippen LogP contribution in [-0.2, 0) is 13.1 Å². The van der Waals surface area contributed by atoms with Crippen molar-refractivity contribution in [1.29, 1.82) is 0 Å². The number of fused-ring (bicyclic) bond motifs is 1. The van der Waals surface area contributed by atoms with Crippen LogP contribution in [-0.4, -0.2) is 50.4 Å². The number of nitrogens with one attached hydrogen (secondary N) is 1. The predicted molar refractivity (Wildman–Crippen MR) is 151 cm³/mol. The molecular weight excluding hydrogens is 492 g/mol. The van der Waals surface area contributed by atoms with E-state index < -0.39 is 0 Å². The Morgan fingerprint density at radius 2 is 1.72 bits per heavy atom. The second kappa shape index (κ2) is 12.0. The molecule has 0 amide bonds. The summed E-state index contributed by atoms with van der Waals surface area (Å²) in [5.74, 6) is 2.64. The van der Waals surface area contributed by atoms with E-state index in [0.29, 0.717) is 19.1 Å². The first-order valence-electron chi connectivity index (χ1n) is 13.8. The predicted octanol–water partition coefficient (Wildman–Crippen LogP) is 5.11. The van der Waals surface area contributed by atoms with Crippen molar-refractivity contribution in [3.8, 4) is 11.5 Å². The third kappa shape index (κ3) is 5.98. The Kier molecular flexibility index (Phi) is 8.26. The lowest BCUT2D eigenvalue weighted by Gasteiger charge is -2.41. The lowest BCUT2D eigenvalue weighted by molar-refractivity contribution is 0.0611. The van der Waals surface area contributed by atoms with Gasteiger partial charge in [-0.3, -0.25) is 9.69 Å². The van der Waals surface area contributed by atoms with Crippen LogP contribution in [0.4, 0.5) is 0 Å². The van der Waals surface area contributed by atoms with Gasteiger partial charge in [0, 0.05) is 29.1 Å². The number of methoxy groups -OCH3 is 2. The second-order valence-electron chi connectivity index (χ2n) is 10.8. The molecule has 1 aliphatic carbocycles. The van der Waals surface area contributed by atoms with E-state index in [1.54, 1.807) is 14.2 Å². The van der Waals surface area contributed by atoms with E-state index in [-0.39, 0.29) is 17.5 Å². The maximum absolute atomic E-state index is 13.3. The van der Waals surface area contributed by atoms with E-state index in [4.69, 9.17) is 9.47 Å². The van der Waals surface area contributed by atoms with E-state index in [1.165, 1.54) is 19.3 Å². The van der Waals surface area contributed by atoms with Crippen molar-refractivity contribution in [2.24, 2.45) is 5.92 Å². The Hall–Kier alpha value is -3.72. The normalized spacial score (nSPS) is 15.2. The van der Waals surface area contributed by atoms with Gasteiger partial charge in [0.05, 0.1) is 26.8 Å². The molecule has 9 heteroatoms. The molecule has 5 rings (SSSR count). The second-order valence-corrected chi connectivity index (χ2v) is 10.8. The molecule has 206 valence electrons. The average molecular weight is 531 g/mol. The number of hydrogen-bond acceptors (Lipinski definition) is 7. The van der Waals surface area contributed by atoms with Gasteiger partial charge in [-0.25, -0.2) is 4.68 Å². The highest BCUT2D eigenvalue weighted by atomic mass is 16.5. The zero-order valence-electron chi connectivity index (χ0n) is 23.3. The molecule has 1 unspecified atom stereocenters. The van der Waals surface area contributed by atoms with Gasteiger partial charge in [-0.1, -0.05) is 45.2 Å². The van der Waals surface area contributed by atoms with Gasteiger partial charge in [0.15, 0.2) is 5.82 Å². The molecule has 1 fully saturated rings. The Balaban J connectivity index is 1.52. The summed E-state index contributed by atoms with van der Waals surface area (Å²) < 4.78 is 12.6. The van der Waals surface area contributed by atoms with Crippen LogP contribution < -0.4 is 15.0 Å². The molecule has 1 atom stereocenters. The van der Waals surface area contributed by atoms with Crippen molar-refractivity contribution in [2.45, 2.75) is 71.1 Å².